The predicted octanol–water partition coefficient (Wildman–Crippen LogP) is 0.856. The molecule has 2 rings (SSSR count). The van der Waals surface area contributed by atoms with Crippen LogP contribution >= 0.6 is 0 Å². The number of aromatic nitrogens is 2. The number of H-pyrrole nitrogens is 1. The number of anilines is 1. The molecule has 1 fully saturated rings. The molecule has 2 N–H and O–H groups in total. The number of aromatic amines is 1. The van der Waals surface area contributed by atoms with Crippen molar-refractivity contribution >= 4 is 5.95 Å². The first-order valence-electron chi connectivity index (χ1n) is 5.31. The molecule has 0 atom stereocenters. The Morgan fingerprint density at radius 2 is 1.93 bits per heavy atom. The number of nitrogens with zero attached hydrogens (tertiary/aromatic N) is 2. The van der Waals surface area contributed by atoms with Crippen LogP contribution in [0, 0.1) is 0 Å². The third-order valence-corrected chi connectivity index (χ3v) is 2.62. The van der Waals surface area contributed by atoms with E-state index < -0.39 is 0 Å². The molecule has 5 heteroatoms. The van der Waals surface area contributed by atoms with Crippen molar-refractivity contribution in [2.45, 2.75) is 25.7 Å². The Bertz CT molecular complexity index is 380. The van der Waals surface area contributed by atoms with Gasteiger partial charge in [0.15, 0.2) is 0 Å². The average molecular weight is 209 g/mol. The summed E-state index contributed by atoms with van der Waals surface area (Å²) in [5, 5.41) is 9.24. The van der Waals surface area contributed by atoms with Crippen molar-refractivity contribution in [1.82, 2.24) is 9.97 Å². The summed E-state index contributed by atoms with van der Waals surface area (Å²) in [6.07, 6.45) is 4.66. The van der Waals surface area contributed by atoms with Gasteiger partial charge in [-0.05, 0) is 12.8 Å². The van der Waals surface area contributed by atoms with Gasteiger partial charge in [-0.2, -0.15) is 4.98 Å². The van der Waals surface area contributed by atoms with E-state index in [1.807, 2.05) is 4.90 Å². The van der Waals surface area contributed by atoms with Crippen LogP contribution in [0.25, 0.3) is 0 Å². The van der Waals surface area contributed by atoms with Crippen molar-refractivity contribution in [2.75, 3.05) is 18.0 Å². The molecule has 0 bridgehead atoms. The quantitative estimate of drug-likeness (QED) is 0.719. The molecule has 15 heavy (non-hydrogen) atoms. The smallest absolute Gasteiger partial charge is 0.256 e. The van der Waals surface area contributed by atoms with Crippen molar-refractivity contribution in [3.63, 3.8) is 0 Å². The fraction of sp³-hybridized carbons (Fsp3) is 0.600. The molecule has 1 aliphatic rings. The Hall–Kier alpha value is -1.52. The molecular weight excluding hydrogens is 194 g/mol. The number of hydrogen-bond donors (Lipinski definition) is 2. The lowest BCUT2D eigenvalue weighted by molar-refractivity contribution is 0.450. The first-order valence-corrected chi connectivity index (χ1v) is 5.31. The van der Waals surface area contributed by atoms with Crippen LogP contribution in [0.4, 0.5) is 5.95 Å². The maximum Gasteiger partial charge on any atom is 0.256 e. The monoisotopic (exact) mass is 209 g/mol. The largest absolute Gasteiger partial charge is 0.493 e. The van der Waals surface area contributed by atoms with E-state index in [4.69, 9.17) is 0 Å². The van der Waals surface area contributed by atoms with E-state index in [9.17, 15) is 9.90 Å². The first-order chi connectivity index (χ1) is 7.25. The molecule has 2 heterocycles. The van der Waals surface area contributed by atoms with E-state index in [1.54, 1.807) is 0 Å². The zero-order valence-corrected chi connectivity index (χ0v) is 8.57. The average Bonchev–Trinajstić information content (AvgIpc) is 2.43. The van der Waals surface area contributed by atoms with Gasteiger partial charge in [-0.25, -0.2) is 0 Å². The Morgan fingerprint density at radius 1 is 1.27 bits per heavy atom. The van der Waals surface area contributed by atoms with Crippen LogP contribution in [0.15, 0.2) is 10.9 Å². The molecule has 5 nitrogen and oxygen atoms in total. The lowest BCUT2D eigenvalue weighted by atomic mass is 10.2. The molecule has 1 aliphatic heterocycles. The lowest BCUT2D eigenvalue weighted by Crippen LogP contribution is -2.27. The maximum absolute atomic E-state index is 11.2. The fourth-order valence-electron chi connectivity index (χ4n) is 1.86. The van der Waals surface area contributed by atoms with Gasteiger partial charge in [0.2, 0.25) is 11.8 Å². The van der Waals surface area contributed by atoms with Gasteiger partial charge in [0.05, 0.1) is 6.07 Å². The summed E-state index contributed by atoms with van der Waals surface area (Å²) in [5.41, 5.74) is -0.304. The fourth-order valence-corrected chi connectivity index (χ4v) is 1.86. The van der Waals surface area contributed by atoms with Crippen molar-refractivity contribution in [2.24, 2.45) is 0 Å². The molecule has 1 aromatic heterocycles. The number of nitrogens with one attached hydrogen (secondary N) is 1. The third-order valence-electron chi connectivity index (χ3n) is 2.62. The summed E-state index contributed by atoms with van der Waals surface area (Å²) >= 11 is 0. The zero-order valence-electron chi connectivity index (χ0n) is 8.57. The molecule has 0 saturated carbocycles. The highest BCUT2D eigenvalue weighted by Gasteiger charge is 2.12. The van der Waals surface area contributed by atoms with Crippen LogP contribution in [0.2, 0.25) is 0 Å². The minimum atomic E-state index is -0.304. The summed E-state index contributed by atoms with van der Waals surface area (Å²) < 4.78 is 0. The molecule has 0 amide bonds. The molecule has 1 aromatic rings. The number of rotatable bonds is 1. The van der Waals surface area contributed by atoms with Crippen molar-refractivity contribution in [3.05, 3.63) is 16.4 Å². The van der Waals surface area contributed by atoms with Gasteiger partial charge in [-0.15, -0.1) is 0 Å². The first kappa shape index (κ1) is 10.0. The Kier molecular flexibility index (Phi) is 2.89. The van der Waals surface area contributed by atoms with Gasteiger partial charge in [0, 0.05) is 13.1 Å². The van der Waals surface area contributed by atoms with Crippen LogP contribution in [-0.4, -0.2) is 28.2 Å². The topological polar surface area (TPSA) is 69.2 Å². The maximum atomic E-state index is 11.2. The van der Waals surface area contributed by atoms with Gasteiger partial charge in [0.25, 0.3) is 5.56 Å². The van der Waals surface area contributed by atoms with E-state index >= 15 is 0 Å². The standard InChI is InChI=1S/C10H15N3O2/c14-8-7-9(15)12-10(11-8)13-5-3-1-2-4-6-13/h7H,1-6H2,(H2,11,12,14,15). The minimum absolute atomic E-state index is 0.210. The summed E-state index contributed by atoms with van der Waals surface area (Å²) in [5.74, 6) is 0.278. The Balaban J connectivity index is 2.23. The van der Waals surface area contributed by atoms with E-state index in [0.717, 1.165) is 32.0 Å². The van der Waals surface area contributed by atoms with E-state index in [2.05, 4.69) is 9.97 Å². The van der Waals surface area contributed by atoms with E-state index in [0.29, 0.717) is 5.95 Å². The molecule has 82 valence electrons. The van der Waals surface area contributed by atoms with Gasteiger partial charge < -0.3 is 10.0 Å². The molecule has 0 unspecified atom stereocenters. The van der Waals surface area contributed by atoms with E-state index in [1.165, 1.54) is 12.8 Å². The molecular formula is C10H15N3O2. The summed E-state index contributed by atoms with van der Waals surface area (Å²) in [6.45, 7) is 1.79. The van der Waals surface area contributed by atoms with Crippen LogP contribution in [0.3, 0.4) is 0 Å². The summed E-state index contributed by atoms with van der Waals surface area (Å²) in [7, 11) is 0. The van der Waals surface area contributed by atoms with Gasteiger partial charge in [-0.1, -0.05) is 12.8 Å². The van der Waals surface area contributed by atoms with Gasteiger partial charge >= 0.3 is 0 Å². The third kappa shape index (κ3) is 2.49. The highest BCUT2D eigenvalue weighted by atomic mass is 16.3. The summed E-state index contributed by atoms with van der Waals surface area (Å²) in [6, 6.07) is 1.08. The normalized spacial score (nSPS) is 17.5. The molecule has 0 aliphatic carbocycles. The lowest BCUT2D eigenvalue weighted by Gasteiger charge is -2.20. The Morgan fingerprint density at radius 3 is 2.53 bits per heavy atom. The number of aromatic hydroxyl groups is 1. The summed E-state index contributed by atoms with van der Waals surface area (Å²) in [4.78, 5) is 19.7. The molecule has 0 radical (unpaired) electrons. The second-order valence-corrected chi connectivity index (χ2v) is 3.83. The van der Waals surface area contributed by atoms with Crippen LogP contribution in [0.5, 0.6) is 5.88 Å². The predicted molar refractivity (Wildman–Crippen MR) is 57.2 cm³/mol. The molecule has 0 spiro atoms. The van der Waals surface area contributed by atoms with Gasteiger partial charge in [0.1, 0.15) is 0 Å². The highest BCUT2D eigenvalue weighted by Crippen LogP contribution is 2.15. The van der Waals surface area contributed by atoms with Crippen LogP contribution in [-0.2, 0) is 0 Å². The van der Waals surface area contributed by atoms with Crippen LogP contribution < -0.4 is 10.5 Å². The second-order valence-electron chi connectivity index (χ2n) is 3.83. The molecule has 1 saturated heterocycles. The number of hydrogen-bond acceptors (Lipinski definition) is 4. The molecule has 0 aromatic carbocycles. The highest BCUT2D eigenvalue weighted by molar-refractivity contribution is 5.31. The zero-order chi connectivity index (χ0) is 10.7. The van der Waals surface area contributed by atoms with E-state index in [-0.39, 0.29) is 11.4 Å². The van der Waals surface area contributed by atoms with Crippen molar-refractivity contribution < 1.29 is 5.11 Å². The van der Waals surface area contributed by atoms with Crippen LogP contribution in [0.1, 0.15) is 25.7 Å². The van der Waals surface area contributed by atoms with Crippen molar-refractivity contribution in [1.29, 1.82) is 0 Å². The SMILES string of the molecule is O=c1cc(O)nc(N2CCCCCC2)[nH]1. The Labute approximate surface area is 87.8 Å². The minimum Gasteiger partial charge on any atom is -0.493 e. The second kappa shape index (κ2) is 4.33. The van der Waals surface area contributed by atoms with Gasteiger partial charge in [-0.3, -0.25) is 9.78 Å². The van der Waals surface area contributed by atoms with Crippen molar-refractivity contribution in [3.8, 4) is 5.88 Å².